The van der Waals surface area contributed by atoms with Gasteiger partial charge in [-0.1, -0.05) is 37.8 Å². The molecule has 1 aromatic carbocycles. The van der Waals surface area contributed by atoms with Gasteiger partial charge in [0, 0.05) is 5.56 Å². The Balaban J connectivity index is 2.46. The Kier molecular flexibility index (Phi) is 5.39. The Labute approximate surface area is 120 Å². The average Bonchev–Trinajstić information content (AvgIpc) is 2.52. The van der Waals surface area contributed by atoms with Crippen LogP contribution in [-0.4, -0.2) is 20.3 Å². The maximum absolute atomic E-state index is 5.69. The minimum absolute atomic E-state index is 0.341. The fourth-order valence-corrected chi connectivity index (χ4v) is 2.30. The topological polar surface area (TPSA) is 27.7 Å². The maximum Gasteiger partial charge on any atom is 0.187 e. The highest BCUT2D eigenvalue weighted by Crippen LogP contribution is 2.36. The number of hydrogen-bond donors (Lipinski definition) is 0. The van der Waals surface area contributed by atoms with Crippen molar-refractivity contribution in [1.82, 2.24) is 0 Å². The molecule has 0 spiro atoms. The molecule has 0 atom stereocenters. The number of rotatable bonds is 5. The van der Waals surface area contributed by atoms with Crippen LogP contribution in [0.3, 0.4) is 0 Å². The molecule has 0 saturated carbocycles. The Morgan fingerprint density at radius 2 is 2.10 bits per heavy atom. The maximum atomic E-state index is 5.69. The predicted molar refractivity (Wildman–Crippen MR) is 81.7 cm³/mol. The molecular weight excluding hydrogens is 252 g/mol. The first kappa shape index (κ1) is 14.8. The Bertz CT molecular complexity index is 485. The van der Waals surface area contributed by atoms with Gasteiger partial charge in [-0.05, 0) is 24.5 Å². The third-order valence-electron chi connectivity index (χ3n) is 3.29. The summed E-state index contributed by atoms with van der Waals surface area (Å²) < 4.78 is 17.0. The number of allylic oxidation sites excluding steroid dienone is 1. The van der Waals surface area contributed by atoms with Gasteiger partial charge in [-0.15, -0.1) is 0 Å². The lowest BCUT2D eigenvalue weighted by Crippen LogP contribution is -2.18. The molecule has 1 heterocycles. The molecule has 1 saturated heterocycles. The zero-order valence-electron chi connectivity index (χ0n) is 12.2. The van der Waals surface area contributed by atoms with Crippen molar-refractivity contribution in [3.63, 3.8) is 0 Å². The molecule has 0 unspecified atom stereocenters. The first-order valence-corrected chi connectivity index (χ1v) is 7.04. The van der Waals surface area contributed by atoms with Gasteiger partial charge in [0.15, 0.2) is 6.29 Å². The number of ether oxygens (including phenoxy) is 3. The van der Waals surface area contributed by atoms with Crippen LogP contribution in [0.4, 0.5) is 0 Å². The average molecular weight is 274 g/mol. The van der Waals surface area contributed by atoms with Crippen molar-refractivity contribution in [3.8, 4) is 5.75 Å². The lowest BCUT2D eigenvalue weighted by molar-refractivity contribution is -0.183. The number of methoxy groups -OCH3 is 1. The Hall–Kier alpha value is -1.58. The van der Waals surface area contributed by atoms with Crippen LogP contribution in [0.15, 0.2) is 24.8 Å². The van der Waals surface area contributed by atoms with Crippen LogP contribution in [0.5, 0.6) is 5.75 Å². The minimum Gasteiger partial charge on any atom is -0.496 e. The fourth-order valence-electron chi connectivity index (χ4n) is 2.30. The van der Waals surface area contributed by atoms with Gasteiger partial charge >= 0.3 is 0 Å². The molecule has 20 heavy (non-hydrogen) atoms. The summed E-state index contributed by atoms with van der Waals surface area (Å²) in [5, 5.41) is 0. The molecule has 2 rings (SSSR count). The summed E-state index contributed by atoms with van der Waals surface area (Å²) in [6.07, 6.45) is 7.59. The molecule has 1 aliphatic heterocycles. The third kappa shape index (κ3) is 3.11. The molecular formula is C17H22O3. The van der Waals surface area contributed by atoms with E-state index in [9.17, 15) is 0 Å². The number of benzene rings is 1. The van der Waals surface area contributed by atoms with E-state index in [1.54, 1.807) is 7.11 Å². The molecule has 0 aliphatic carbocycles. The summed E-state index contributed by atoms with van der Waals surface area (Å²) in [5.74, 6) is 0.805. The van der Waals surface area contributed by atoms with Crippen molar-refractivity contribution < 1.29 is 14.2 Å². The van der Waals surface area contributed by atoms with Gasteiger partial charge in [-0.3, -0.25) is 0 Å². The van der Waals surface area contributed by atoms with E-state index in [-0.39, 0.29) is 6.29 Å². The lowest BCUT2D eigenvalue weighted by Gasteiger charge is -2.26. The highest BCUT2D eigenvalue weighted by Gasteiger charge is 2.22. The second kappa shape index (κ2) is 7.27. The van der Waals surface area contributed by atoms with Crippen LogP contribution in [0.25, 0.3) is 12.2 Å². The van der Waals surface area contributed by atoms with Crippen LogP contribution in [0, 0.1) is 0 Å². The van der Waals surface area contributed by atoms with Gasteiger partial charge in [-0.25, -0.2) is 0 Å². The fraction of sp³-hybridized carbons (Fsp3) is 0.412. The first-order valence-electron chi connectivity index (χ1n) is 7.04. The molecule has 1 aromatic rings. The zero-order chi connectivity index (χ0) is 14.4. The SMILES string of the molecule is C=Cc1ccc(C2OCCCO2)c(OC)c1/C=C\CC. The molecule has 0 N–H and O–H groups in total. The molecule has 0 aromatic heterocycles. The van der Waals surface area contributed by atoms with Crippen molar-refractivity contribution in [3.05, 3.63) is 41.5 Å². The van der Waals surface area contributed by atoms with E-state index in [0.717, 1.165) is 48.5 Å². The van der Waals surface area contributed by atoms with E-state index in [1.807, 2.05) is 18.2 Å². The third-order valence-corrected chi connectivity index (χ3v) is 3.29. The van der Waals surface area contributed by atoms with Crippen molar-refractivity contribution in [2.24, 2.45) is 0 Å². The lowest BCUT2D eigenvalue weighted by atomic mass is 10.0. The van der Waals surface area contributed by atoms with E-state index in [2.05, 4.69) is 25.7 Å². The molecule has 3 nitrogen and oxygen atoms in total. The normalized spacial score (nSPS) is 16.5. The second-order valence-corrected chi connectivity index (χ2v) is 4.63. The molecule has 1 aliphatic rings. The van der Waals surface area contributed by atoms with Crippen LogP contribution in [0.2, 0.25) is 0 Å². The minimum atomic E-state index is -0.341. The van der Waals surface area contributed by atoms with Crippen molar-refractivity contribution in [2.45, 2.75) is 26.1 Å². The van der Waals surface area contributed by atoms with Crippen molar-refractivity contribution >= 4 is 12.2 Å². The van der Waals surface area contributed by atoms with E-state index >= 15 is 0 Å². The summed E-state index contributed by atoms with van der Waals surface area (Å²) in [6.45, 7) is 7.41. The molecule has 3 heteroatoms. The predicted octanol–water partition coefficient (Wildman–Crippen LogP) is 4.20. The van der Waals surface area contributed by atoms with Gasteiger partial charge in [0.1, 0.15) is 5.75 Å². The Morgan fingerprint density at radius 1 is 1.35 bits per heavy atom. The summed E-state index contributed by atoms with van der Waals surface area (Å²) in [4.78, 5) is 0. The van der Waals surface area contributed by atoms with Crippen LogP contribution < -0.4 is 4.74 Å². The van der Waals surface area contributed by atoms with E-state index in [1.165, 1.54) is 0 Å². The summed E-state index contributed by atoms with van der Waals surface area (Å²) >= 11 is 0. The smallest absolute Gasteiger partial charge is 0.187 e. The summed E-state index contributed by atoms with van der Waals surface area (Å²) in [7, 11) is 1.68. The quantitative estimate of drug-likeness (QED) is 0.805. The van der Waals surface area contributed by atoms with Gasteiger partial charge in [0.25, 0.3) is 0 Å². The second-order valence-electron chi connectivity index (χ2n) is 4.63. The van der Waals surface area contributed by atoms with Gasteiger partial charge in [0.05, 0.1) is 25.9 Å². The van der Waals surface area contributed by atoms with Crippen molar-refractivity contribution in [2.75, 3.05) is 20.3 Å². The number of hydrogen-bond acceptors (Lipinski definition) is 3. The van der Waals surface area contributed by atoms with E-state index < -0.39 is 0 Å². The van der Waals surface area contributed by atoms with E-state index in [4.69, 9.17) is 14.2 Å². The van der Waals surface area contributed by atoms with Crippen molar-refractivity contribution in [1.29, 1.82) is 0 Å². The van der Waals surface area contributed by atoms with Gasteiger partial charge < -0.3 is 14.2 Å². The molecule has 0 radical (unpaired) electrons. The van der Waals surface area contributed by atoms with Gasteiger partial charge in [0.2, 0.25) is 0 Å². The largest absolute Gasteiger partial charge is 0.496 e. The van der Waals surface area contributed by atoms with Gasteiger partial charge in [-0.2, -0.15) is 0 Å². The monoisotopic (exact) mass is 274 g/mol. The molecule has 0 amide bonds. The zero-order valence-corrected chi connectivity index (χ0v) is 12.2. The molecule has 0 bridgehead atoms. The molecule has 108 valence electrons. The summed E-state index contributed by atoms with van der Waals surface area (Å²) in [5.41, 5.74) is 3.01. The molecule has 1 fully saturated rings. The summed E-state index contributed by atoms with van der Waals surface area (Å²) in [6, 6.07) is 4.02. The van der Waals surface area contributed by atoms with Crippen LogP contribution >= 0.6 is 0 Å². The first-order chi connectivity index (χ1) is 9.81. The Morgan fingerprint density at radius 3 is 2.70 bits per heavy atom. The standard InChI is InChI=1S/C17H22O3/c1-4-6-8-14-13(5-2)9-10-15(16(14)18-3)17-19-11-7-12-20-17/h5-6,8-10,17H,2,4,7,11-12H2,1,3H3/b8-6-. The highest BCUT2D eigenvalue weighted by atomic mass is 16.7. The van der Waals surface area contributed by atoms with Crippen LogP contribution in [0.1, 0.15) is 42.7 Å². The van der Waals surface area contributed by atoms with Crippen LogP contribution in [-0.2, 0) is 9.47 Å². The van der Waals surface area contributed by atoms with E-state index in [0.29, 0.717) is 0 Å². The highest BCUT2D eigenvalue weighted by molar-refractivity contribution is 5.71.